The molecule has 0 unspecified atom stereocenters. The lowest BCUT2D eigenvalue weighted by molar-refractivity contribution is -0.133. The number of nitrogens with zero attached hydrogens (tertiary/aromatic N) is 5. The van der Waals surface area contributed by atoms with Crippen LogP contribution in [0.5, 0.6) is 0 Å². The van der Waals surface area contributed by atoms with Crippen LogP contribution in [0, 0.1) is 6.92 Å². The van der Waals surface area contributed by atoms with E-state index in [9.17, 15) is 9.18 Å². The molecule has 0 aromatic carbocycles. The van der Waals surface area contributed by atoms with E-state index >= 15 is 0 Å². The molecular formula is C21H25FN6OS. The van der Waals surface area contributed by atoms with Crippen LogP contribution >= 0.6 is 11.3 Å². The number of amides is 1. The number of alkyl halides is 1. The maximum absolute atomic E-state index is 14.5. The van der Waals surface area contributed by atoms with Crippen molar-refractivity contribution in [2.45, 2.75) is 51.9 Å². The van der Waals surface area contributed by atoms with E-state index in [1.807, 2.05) is 32.9 Å². The molecule has 2 atom stereocenters. The minimum absolute atomic E-state index is 0.101. The van der Waals surface area contributed by atoms with Crippen molar-refractivity contribution in [1.29, 1.82) is 0 Å². The molecule has 4 rings (SSSR count). The summed E-state index contributed by atoms with van der Waals surface area (Å²) in [5, 5.41) is 14.1. The Morgan fingerprint density at radius 1 is 1.30 bits per heavy atom. The predicted octanol–water partition coefficient (Wildman–Crippen LogP) is 2.94. The van der Waals surface area contributed by atoms with Gasteiger partial charge in [0.05, 0.1) is 30.4 Å². The van der Waals surface area contributed by atoms with Gasteiger partial charge in [0.2, 0.25) is 5.91 Å². The maximum atomic E-state index is 14.5. The number of nitrogens with one attached hydrogen (secondary N) is 1. The van der Waals surface area contributed by atoms with Gasteiger partial charge in [-0.05, 0) is 25.5 Å². The number of fused-ring (bicyclic) bond motifs is 1. The molecule has 1 aliphatic heterocycles. The van der Waals surface area contributed by atoms with Crippen LogP contribution in [0.25, 0.3) is 21.5 Å². The Hall–Kier alpha value is -2.52. The molecular weight excluding hydrogens is 403 g/mol. The van der Waals surface area contributed by atoms with E-state index in [0.717, 1.165) is 26.5 Å². The largest absolute Gasteiger partial charge is 0.339 e. The molecule has 158 valence electrons. The predicted molar refractivity (Wildman–Crippen MR) is 115 cm³/mol. The smallest absolute Gasteiger partial charge is 0.228 e. The third-order valence-electron chi connectivity index (χ3n) is 5.17. The van der Waals surface area contributed by atoms with Gasteiger partial charge in [0, 0.05) is 35.8 Å². The molecule has 30 heavy (non-hydrogen) atoms. The van der Waals surface area contributed by atoms with E-state index < -0.39 is 6.17 Å². The fourth-order valence-electron chi connectivity index (χ4n) is 3.72. The third kappa shape index (κ3) is 4.62. The number of aryl methyl sites for hydroxylation is 1. The van der Waals surface area contributed by atoms with Crippen LogP contribution in [0.4, 0.5) is 4.39 Å². The Morgan fingerprint density at radius 3 is 2.83 bits per heavy atom. The zero-order chi connectivity index (χ0) is 21.3. The highest BCUT2D eigenvalue weighted by Crippen LogP contribution is 2.25. The maximum Gasteiger partial charge on any atom is 0.228 e. The number of aromatic nitrogens is 4. The lowest BCUT2D eigenvalue weighted by atomic mass is 10.0. The second-order valence-corrected chi connectivity index (χ2v) is 9.15. The van der Waals surface area contributed by atoms with Gasteiger partial charge in [-0.3, -0.25) is 14.8 Å². The standard InChI is InChI=1S/C21H25FN6OS/c1-12(2)25-18-4-5-28(11-17(18)22)20(29)8-16-7-14-6-15(9-24-19(14)10-23-16)21-27-26-13(3)30-21/h6-7,9-10,12,17-18,25H,4-5,8,11H2,1-3H3/t17-,18-/m1/s1. The fourth-order valence-corrected chi connectivity index (χ4v) is 4.39. The summed E-state index contributed by atoms with van der Waals surface area (Å²) in [6.07, 6.45) is 3.13. The Morgan fingerprint density at radius 2 is 2.13 bits per heavy atom. The molecule has 0 radical (unpaired) electrons. The molecule has 0 aliphatic carbocycles. The van der Waals surface area contributed by atoms with Gasteiger partial charge in [-0.2, -0.15) is 0 Å². The van der Waals surface area contributed by atoms with Gasteiger partial charge in [0.1, 0.15) is 16.2 Å². The van der Waals surface area contributed by atoms with Crippen molar-refractivity contribution < 1.29 is 9.18 Å². The SMILES string of the molecule is Cc1nnc(-c2cnc3cnc(CC(=O)N4CC[C@@H](NC(C)C)[C@H](F)C4)cc3c2)s1. The van der Waals surface area contributed by atoms with E-state index in [1.54, 1.807) is 17.3 Å². The molecule has 4 heterocycles. The molecule has 0 bridgehead atoms. The molecule has 9 heteroatoms. The average molecular weight is 429 g/mol. The first-order chi connectivity index (χ1) is 14.4. The summed E-state index contributed by atoms with van der Waals surface area (Å²) in [4.78, 5) is 23.2. The number of likely N-dealkylation sites (tertiary alicyclic amines) is 1. The monoisotopic (exact) mass is 428 g/mol. The zero-order valence-corrected chi connectivity index (χ0v) is 18.1. The van der Waals surface area contributed by atoms with Crippen molar-refractivity contribution in [1.82, 2.24) is 30.4 Å². The lowest BCUT2D eigenvalue weighted by Gasteiger charge is -2.36. The van der Waals surface area contributed by atoms with Crippen molar-refractivity contribution in [3.05, 3.63) is 35.2 Å². The number of piperidine rings is 1. The Labute approximate surface area is 178 Å². The Balaban J connectivity index is 1.46. The highest BCUT2D eigenvalue weighted by Gasteiger charge is 2.31. The molecule has 1 saturated heterocycles. The first-order valence-corrected chi connectivity index (χ1v) is 10.9. The molecule has 0 saturated carbocycles. The van der Waals surface area contributed by atoms with Gasteiger partial charge in [0.15, 0.2) is 0 Å². The quantitative estimate of drug-likeness (QED) is 0.673. The van der Waals surface area contributed by atoms with Gasteiger partial charge in [-0.25, -0.2) is 4.39 Å². The zero-order valence-electron chi connectivity index (χ0n) is 17.3. The summed E-state index contributed by atoms with van der Waals surface area (Å²) < 4.78 is 14.5. The lowest BCUT2D eigenvalue weighted by Crippen LogP contribution is -2.54. The molecule has 7 nitrogen and oxygen atoms in total. The van der Waals surface area contributed by atoms with Crippen molar-refractivity contribution in [3.8, 4) is 10.6 Å². The third-order valence-corrected chi connectivity index (χ3v) is 6.06. The average Bonchev–Trinajstić information content (AvgIpc) is 3.15. The normalized spacial score (nSPS) is 19.6. The van der Waals surface area contributed by atoms with Gasteiger partial charge in [-0.1, -0.05) is 25.2 Å². The molecule has 0 spiro atoms. The van der Waals surface area contributed by atoms with Crippen LogP contribution in [-0.4, -0.2) is 62.3 Å². The molecule has 1 aliphatic rings. The van der Waals surface area contributed by atoms with E-state index in [4.69, 9.17) is 0 Å². The van der Waals surface area contributed by atoms with Crippen molar-refractivity contribution in [3.63, 3.8) is 0 Å². The summed E-state index contributed by atoms with van der Waals surface area (Å²) in [7, 11) is 0. The Kier molecular flexibility index (Phi) is 6.01. The summed E-state index contributed by atoms with van der Waals surface area (Å²) in [5.41, 5.74) is 2.29. The van der Waals surface area contributed by atoms with Gasteiger partial charge >= 0.3 is 0 Å². The number of halogens is 1. The van der Waals surface area contributed by atoms with Crippen LogP contribution in [0.3, 0.4) is 0 Å². The first kappa shape index (κ1) is 20.7. The summed E-state index contributed by atoms with van der Waals surface area (Å²) in [6.45, 7) is 6.59. The summed E-state index contributed by atoms with van der Waals surface area (Å²) in [5.74, 6) is -0.101. The van der Waals surface area contributed by atoms with Crippen LogP contribution in [0.2, 0.25) is 0 Å². The summed E-state index contributed by atoms with van der Waals surface area (Å²) in [6, 6.07) is 3.89. The van der Waals surface area contributed by atoms with Crippen molar-refractivity contribution >= 4 is 28.1 Å². The Bertz CT molecular complexity index is 1050. The van der Waals surface area contributed by atoms with Gasteiger partial charge in [0.25, 0.3) is 0 Å². The minimum Gasteiger partial charge on any atom is -0.339 e. The van der Waals surface area contributed by atoms with Crippen LogP contribution < -0.4 is 5.32 Å². The topological polar surface area (TPSA) is 83.9 Å². The fraction of sp³-hybridized carbons (Fsp3) is 0.476. The van der Waals surface area contributed by atoms with Crippen molar-refractivity contribution in [2.75, 3.05) is 13.1 Å². The van der Waals surface area contributed by atoms with Crippen LogP contribution in [0.15, 0.2) is 24.5 Å². The highest BCUT2D eigenvalue weighted by molar-refractivity contribution is 7.14. The van der Waals surface area contributed by atoms with Crippen LogP contribution in [0.1, 0.15) is 31.0 Å². The van der Waals surface area contributed by atoms with E-state index in [-0.39, 0.29) is 31.0 Å². The highest BCUT2D eigenvalue weighted by atomic mass is 32.1. The second-order valence-electron chi connectivity index (χ2n) is 7.97. The summed E-state index contributed by atoms with van der Waals surface area (Å²) >= 11 is 1.51. The van der Waals surface area contributed by atoms with Gasteiger partial charge < -0.3 is 10.2 Å². The van der Waals surface area contributed by atoms with Crippen molar-refractivity contribution in [2.24, 2.45) is 0 Å². The second kappa shape index (κ2) is 8.69. The van der Waals surface area contributed by atoms with Crippen LogP contribution in [-0.2, 0) is 11.2 Å². The molecule has 3 aromatic rings. The molecule has 1 amide bonds. The number of carbonyl (C=O) groups excluding carboxylic acids is 1. The number of hydrogen-bond acceptors (Lipinski definition) is 7. The molecule has 1 fully saturated rings. The molecule has 3 aromatic heterocycles. The first-order valence-electron chi connectivity index (χ1n) is 10.1. The number of rotatable bonds is 5. The number of carbonyl (C=O) groups is 1. The van der Waals surface area contributed by atoms with E-state index in [2.05, 4.69) is 25.5 Å². The number of hydrogen-bond donors (Lipinski definition) is 1. The minimum atomic E-state index is -1.06. The van der Waals surface area contributed by atoms with E-state index in [0.29, 0.717) is 18.7 Å². The van der Waals surface area contributed by atoms with E-state index in [1.165, 1.54) is 11.3 Å². The van der Waals surface area contributed by atoms with Gasteiger partial charge in [-0.15, -0.1) is 10.2 Å². The molecule has 1 N–H and O–H groups in total. The number of pyridine rings is 2.